The molecule has 2 heterocycles. The van der Waals surface area contributed by atoms with E-state index in [1.807, 2.05) is 0 Å². The van der Waals surface area contributed by atoms with Crippen molar-refractivity contribution < 1.29 is 0 Å². The van der Waals surface area contributed by atoms with Gasteiger partial charge in [-0.05, 0) is 63.4 Å². The summed E-state index contributed by atoms with van der Waals surface area (Å²) in [6.07, 6.45) is 5.35. The van der Waals surface area contributed by atoms with E-state index < -0.39 is 0 Å². The van der Waals surface area contributed by atoms with Crippen LogP contribution in [0.15, 0.2) is 18.2 Å². The normalized spacial score (nSPS) is 22.1. The number of likely N-dealkylation sites (tertiary alicyclic amines) is 1. The molecule has 0 saturated carbocycles. The molecule has 0 amide bonds. The summed E-state index contributed by atoms with van der Waals surface area (Å²) < 4.78 is 0. The van der Waals surface area contributed by atoms with Crippen molar-refractivity contribution in [1.82, 2.24) is 4.90 Å². The molecule has 0 aromatic heterocycles. The molecular formula is C16H23ClN2. The van der Waals surface area contributed by atoms with Crippen LogP contribution in [0.2, 0.25) is 5.02 Å². The number of anilines is 1. The van der Waals surface area contributed by atoms with Gasteiger partial charge in [-0.2, -0.15) is 0 Å². The van der Waals surface area contributed by atoms with Gasteiger partial charge in [-0.3, -0.25) is 0 Å². The molecule has 0 bridgehead atoms. The number of hydrogen-bond donors (Lipinski definition) is 0. The Kier molecular flexibility index (Phi) is 3.99. The van der Waals surface area contributed by atoms with E-state index in [2.05, 4.69) is 34.9 Å². The molecule has 2 aliphatic rings. The third-order valence-corrected chi connectivity index (χ3v) is 4.87. The maximum absolute atomic E-state index is 6.37. The van der Waals surface area contributed by atoms with Crippen molar-refractivity contribution in [2.24, 2.45) is 0 Å². The molecule has 0 spiro atoms. The average molecular weight is 279 g/mol. The van der Waals surface area contributed by atoms with Crippen molar-refractivity contribution in [3.05, 3.63) is 28.8 Å². The predicted molar refractivity (Wildman–Crippen MR) is 82.2 cm³/mol. The van der Waals surface area contributed by atoms with Crippen LogP contribution in [-0.4, -0.2) is 37.1 Å². The second kappa shape index (κ2) is 5.72. The fraction of sp³-hybridized carbons (Fsp3) is 0.625. The first kappa shape index (κ1) is 13.3. The summed E-state index contributed by atoms with van der Waals surface area (Å²) in [5.74, 6) is 0. The van der Waals surface area contributed by atoms with Crippen LogP contribution in [0.3, 0.4) is 0 Å². The number of halogens is 1. The van der Waals surface area contributed by atoms with Crippen LogP contribution in [0, 0.1) is 6.92 Å². The van der Waals surface area contributed by atoms with Crippen molar-refractivity contribution in [3.63, 3.8) is 0 Å². The molecule has 1 aromatic rings. The minimum Gasteiger partial charge on any atom is -0.370 e. The van der Waals surface area contributed by atoms with Crippen LogP contribution in [0.25, 0.3) is 0 Å². The van der Waals surface area contributed by atoms with E-state index in [4.69, 9.17) is 11.6 Å². The van der Waals surface area contributed by atoms with Gasteiger partial charge in [0.2, 0.25) is 0 Å². The zero-order valence-electron chi connectivity index (χ0n) is 11.7. The van der Waals surface area contributed by atoms with Gasteiger partial charge in [-0.25, -0.2) is 0 Å². The van der Waals surface area contributed by atoms with Crippen LogP contribution in [-0.2, 0) is 0 Å². The van der Waals surface area contributed by atoms with E-state index in [1.54, 1.807) is 0 Å². The summed E-state index contributed by atoms with van der Waals surface area (Å²) in [5, 5.41) is 0.902. The molecule has 3 rings (SSSR count). The number of piperidine rings is 1. The molecule has 3 heteroatoms. The Labute approximate surface area is 121 Å². The highest BCUT2D eigenvalue weighted by Gasteiger charge is 2.26. The molecule has 2 saturated heterocycles. The van der Waals surface area contributed by atoms with Gasteiger partial charge in [-0.1, -0.05) is 17.7 Å². The van der Waals surface area contributed by atoms with Crippen molar-refractivity contribution in [2.45, 2.75) is 38.6 Å². The van der Waals surface area contributed by atoms with Crippen molar-refractivity contribution in [1.29, 1.82) is 0 Å². The average Bonchev–Trinajstić information content (AvgIpc) is 2.93. The highest BCUT2D eigenvalue weighted by Crippen LogP contribution is 2.30. The Morgan fingerprint density at radius 1 is 1.05 bits per heavy atom. The van der Waals surface area contributed by atoms with Crippen molar-refractivity contribution >= 4 is 17.3 Å². The van der Waals surface area contributed by atoms with Crippen LogP contribution in [0.5, 0.6) is 0 Å². The van der Waals surface area contributed by atoms with E-state index in [0.717, 1.165) is 24.2 Å². The smallest absolute Gasteiger partial charge is 0.0642 e. The minimum atomic E-state index is 0.808. The summed E-state index contributed by atoms with van der Waals surface area (Å²) in [4.78, 5) is 5.14. The molecule has 2 fully saturated rings. The van der Waals surface area contributed by atoms with Crippen molar-refractivity contribution in [2.75, 3.05) is 31.1 Å². The van der Waals surface area contributed by atoms with Crippen molar-refractivity contribution in [3.8, 4) is 0 Å². The Morgan fingerprint density at radius 3 is 2.37 bits per heavy atom. The fourth-order valence-corrected chi connectivity index (χ4v) is 3.80. The topological polar surface area (TPSA) is 6.48 Å². The summed E-state index contributed by atoms with van der Waals surface area (Å²) in [6, 6.07) is 7.22. The molecule has 0 N–H and O–H groups in total. The molecule has 104 valence electrons. The number of nitrogens with zero attached hydrogens (tertiary/aromatic N) is 2. The monoisotopic (exact) mass is 278 g/mol. The van der Waals surface area contributed by atoms with Crippen LogP contribution in [0.1, 0.15) is 31.2 Å². The van der Waals surface area contributed by atoms with Gasteiger partial charge in [0.1, 0.15) is 0 Å². The third kappa shape index (κ3) is 2.90. The lowest BCUT2D eigenvalue weighted by molar-refractivity contribution is 0.208. The standard InChI is InChI=1S/C16H23ClN2/c1-13-4-5-16(15(17)12-13)19-10-6-14(7-11-19)18-8-2-3-9-18/h4-5,12,14H,2-3,6-11H2,1H3. The van der Waals surface area contributed by atoms with Crippen LogP contribution >= 0.6 is 11.6 Å². The quantitative estimate of drug-likeness (QED) is 0.814. The van der Waals surface area contributed by atoms with Crippen LogP contribution in [0.4, 0.5) is 5.69 Å². The molecule has 2 aliphatic heterocycles. The molecule has 1 aromatic carbocycles. The molecular weight excluding hydrogens is 256 g/mol. The Balaban J connectivity index is 1.63. The number of rotatable bonds is 2. The van der Waals surface area contributed by atoms with E-state index >= 15 is 0 Å². The van der Waals surface area contributed by atoms with Gasteiger partial charge < -0.3 is 9.80 Å². The number of benzene rings is 1. The molecule has 2 nitrogen and oxygen atoms in total. The molecule has 0 aliphatic carbocycles. The van der Waals surface area contributed by atoms with Gasteiger partial charge in [0.25, 0.3) is 0 Å². The first-order chi connectivity index (χ1) is 9.24. The SMILES string of the molecule is Cc1ccc(N2CCC(N3CCCC3)CC2)c(Cl)c1. The largest absolute Gasteiger partial charge is 0.370 e. The summed E-state index contributed by atoms with van der Waals surface area (Å²) in [7, 11) is 0. The first-order valence-corrected chi connectivity index (χ1v) is 7.87. The Bertz CT molecular complexity index is 432. The Morgan fingerprint density at radius 2 is 1.74 bits per heavy atom. The predicted octanol–water partition coefficient (Wildman–Crippen LogP) is 3.71. The zero-order chi connectivity index (χ0) is 13.2. The summed E-state index contributed by atoms with van der Waals surface area (Å²) >= 11 is 6.37. The lowest BCUT2D eigenvalue weighted by Crippen LogP contribution is -2.43. The molecule has 0 radical (unpaired) electrons. The van der Waals surface area contributed by atoms with Gasteiger partial charge in [0.15, 0.2) is 0 Å². The summed E-state index contributed by atoms with van der Waals surface area (Å²) in [6.45, 7) is 7.01. The van der Waals surface area contributed by atoms with Gasteiger partial charge in [-0.15, -0.1) is 0 Å². The molecule has 19 heavy (non-hydrogen) atoms. The van der Waals surface area contributed by atoms with E-state index in [1.165, 1.54) is 50.0 Å². The molecule has 0 atom stereocenters. The number of hydrogen-bond acceptors (Lipinski definition) is 2. The maximum atomic E-state index is 6.37. The molecule has 0 unspecified atom stereocenters. The van der Waals surface area contributed by atoms with E-state index in [0.29, 0.717) is 0 Å². The zero-order valence-corrected chi connectivity index (χ0v) is 12.5. The van der Waals surface area contributed by atoms with Gasteiger partial charge >= 0.3 is 0 Å². The van der Waals surface area contributed by atoms with E-state index in [9.17, 15) is 0 Å². The maximum Gasteiger partial charge on any atom is 0.0642 e. The van der Waals surface area contributed by atoms with Gasteiger partial charge in [0.05, 0.1) is 10.7 Å². The minimum absolute atomic E-state index is 0.808. The fourth-order valence-electron chi connectivity index (χ4n) is 3.45. The summed E-state index contributed by atoms with van der Waals surface area (Å²) in [5.41, 5.74) is 2.45. The van der Waals surface area contributed by atoms with E-state index in [-0.39, 0.29) is 0 Å². The first-order valence-electron chi connectivity index (χ1n) is 7.49. The lowest BCUT2D eigenvalue weighted by atomic mass is 10.0. The van der Waals surface area contributed by atoms with Gasteiger partial charge in [0, 0.05) is 19.1 Å². The highest BCUT2D eigenvalue weighted by atomic mass is 35.5. The second-order valence-electron chi connectivity index (χ2n) is 5.92. The lowest BCUT2D eigenvalue weighted by Gasteiger charge is -2.38. The Hall–Kier alpha value is -0.730. The number of aryl methyl sites for hydroxylation is 1. The third-order valence-electron chi connectivity index (χ3n) is 4.57. The second-order valence-corrected chi connectivity index (χ2v) is 6.32. The van der Waals surface area contributed by atoms with Crippen LogP contribution < -0.4 is 4.90 Å². The highest BCUT2D eigenvalue weighted by molar-refractivity contribution is 6.33.